The zero-order valence-corrected chi connectivity index (χ0v) is 11.6. The van der Waals surface area contributed by atoms with Crippen LogP contribution in [0.2, 0.25) is 0 Å². The van der Waals surface area contributed by atoms with Gasteiger partial charge in [0.2, 0.25) is 0 Å². The number of halogens is 3. The minimum Gasteiger partial charge on any atom is -0.467 e. The second-order valence-corrected chi connectivity index (χ2v) is 4.65. The molecule has 2 aromatic heterocycles. The van der Waals surface area contributed by atoms with Crippen molar-refractivity contribution in [2.75, 3.05) is 6.26 Å². The van der Waals surface area contributed by atoms with Crippen molar-refractivity contribution >= 4 is 17.7 Å². The van der Waals surface area contributed by atoms with Gasteiger partial charge in [-0.2, -0.15) is 13.2 Å². The molecule has 112 valence electrons. The lowest BCUT2D eigenvalue weighted by Gasteiger charge is -2.11. The third-order valence-electron chi connectivity index (χ3n) is 2.47. The van der Waals surface area contributed by atoms with Crippen LogP contribution in [0.1, 0.15) is 21.8 Å². The number of furan rings is 1. The number of alkyl halides is 3. The Bertz CT molecular complexity index is 629. The Morgan fingerprint density at radius 3 is 2.81 bits per heavy atom. The highest BCUT2D eigenvalue weighted by molar-refractivity contribution is 7.98. The van der Waals surface area contributed by atoms with E-state index in [4.69, 9.17) is 4.42 Å². The molecule has 1 N–H and O–H groups in total. The molecule has 0 saturated carbocycles. The monoisotopic (exact) mass is 317 g/mol. The molecule has 21 heavy (non-hydrogen) atoms. The third kappa shape index (κ3) is 3.75. The molecule has 0 atom stereocenters. The van der Waals surface area contributed by atoms with Crippen molar-refractivity contribution in [1.29, 1.82) is 0 Å². The number of carbonyl (C=O) groups excluding carboxylic acids is 1. The van der Waals surface area contributed by atoms with Crippen LogP contribution >= 0.6 is 11.8 Å². The smallest absolute Gasteiger partial charge is 0.434 e. The van der Waals surface area contributed by atoms with Gasteiger partial charge in [-0.25, -0.2) is 9.97 Å². The number of nitrogens with one attached hydrogen (secondary N) is 1. The summed E-state index contributed by atoms with van der Waals surface area (Å²) >= 11 is 0.962. The molecule has 2 aromatic rings. The number of hydrogen-bond donors (Lipinski definition) is 1. The zero-order chi connectivity index (χ0) is 15.5. The Labute approximate surface area is 122 Å². The predicted octanol–water partition coefficient (Wildman–Crippen LogP) is 2.74. The highest BCUT2D eigenvalue weighted by Gasteiger charge is 2.38. The van der Waals surface area contributed by atoms with Gasteiger partial charge in [0, 0.05) is 6.20 Å². The molecule has 9 heteroatoms. The van der Waals surface area contributed by atoms with Gasteiger partial charge in [-0.05, 0) is 18.4 Å². The van der Waals surface area contributed by atoms with Crippen molar-refractivity contribution in [3.05, 3.63) is 41.6 Å². The van der Waals surface area contributed by atoms with Crippen LogP contribution in [-0.2, 0) is 12.7 Å². The molecule has 0 aliphatic rings. The standard InChI is InChI=1S/C12H10F3N3O2S/c1-21-11-17-6-8(9(18-11)12(13,14)15)10(19)16-5-7-3-2-4-20-7/h2-4,6H,5H2,1H3,(H,16,19). The Hall–Kier alpha value is -2.03. The summed E-state index contributed by atoms with van der Waals surface area (Å²) < 4.78 is 43.8. The number of nitrogens with zero attached hydrogens (tertiary/aromatic N) is 2. The number of amides is 1. The first-order chi connectivity index (χ1) is 9.91. The predicted molar refractivity (Wildman–Crippen MR) is 68.7 cm³/mol. The number of carbonyl (C=O) groups is 1. The van der Waals surface area contributed by atoms with Crippen LogP contribution in [0.4, 0.5) is 13.2 Å². The minimum atomic E-state index is -4.73. The van der Waals surface area contributed by atoms with Gasteiger partial charge in [0.05, 0.1) is 18.4 Å². The molecule has 2 rings (SSSR count). The van der Waals surface area contributed by atoms with Gasteiger partial charge in [-0.15, -0.1) is 0 Å². The fraction of sp³-hybridized carbons (Fsp3) is 0.250. The molecule has 0 fully saturated rings. The average molecular weight is 317 g/mol. The van der Waals surface area contributed by atoms with E-state index in [0.717, 1.165) is 18.0 Å². The van der Waals surface area contributed by atoms with E-state index in [1.54, 1.807) is 18.4 Å². The van der Waals surface area contributed by atoms with E-state index in [2.05, 4.69) is 15.3 Å². The molecule has 2 heterocycles. The topological polar surface area (TPSA) is 68.0 Å². The Morgan fingerprint density at radius 1 is 1.48 bits per heavy atom. The van der Waals surface area contributed by atoms with E-state index < -0.39 is 23.3 Å². The van der Waals surface area contributed by atoms with Crippen LogP contribution in [0.3, 0.4) is 0 Å². The van der Waals surface area contributed by atoms with Crippen molar-refractivity contribution in [2.24, 2.45) is 0 Å². The zero-order valence-electron chi connectivity index (χ0n) is 10.8. The summed E-state index contributed by atoms with van der Waals surface area (Å²) in [4.78, 5) is 18.9. The van der Waals surface area contributed by atoms with Crippen LogP contribution in [0.15, 0.2) is 34.2 Å². The minimum absolute atomic E-state index is 0.0204. The number of aromatic nitrogens is 2. The second-order valence-electron chi connectivity index (χ2n) is 3.88. The second kappa shape index (κ2) is 6.17. The summed E-state index contributed by atoms with van der Waals surface area (Å²) in [5.74, 6) is -0.482. The van der Waals surface area contributed by atoms with Gasteiger partial charge in [-0.3, -0.25) is 4.79 Å². The number of thioether (sulfide) groups is 1. The Kier molecular flexibility index (Phi) is 4.51. The summed E-state index contributed by atoms with van der Waals surface area (Å²) in [5.41, 5.74) is -1.87. The average Bonchev–Trinajstić information content (AvgIpc) is 2.96. The lowest BCUT2D eigenvalue weighted by molar-refractivity contribution is -0.142. The molecule has 0 aromatic carbocycles. The molecular weight excluding hydrogens is 307 g/mol. The van der Waals surface area contributed by atoms with Crippen molar-refractivity contribution in [1.82, 2.24) is 15.3 Å². The Balaban J connectivity index is 2.23. The molecule has 0 saturated heterocycles. The maximum absolute atomic E-state index is 12.9. The van der Waals surface area contributed by atoms with E-state index >= 15 is 0 Å². The highest BCUT2D eigenvalue weighted by atomic mass is 32.2. The summed E-state index contributed by atoms with van der Waals surface area (Å²) in [5, 5.41) is 2.28. The molecule has 1 amide bonds. The number of rotatable bonds is 4. The van der Waals surface area contributed by atoms with Gasteiger partial charge >= 0.3 is 6.18 Å². The van der Waals surface area contributed by atoms with Gasteiger partial charge in [0.1, 0.15) is 5.76 Å². The van der Waals surface area contributed by atoms with Crippen LogP contribution in [0.25, 0.3) is 0 Å². The molecule has 0 unspecified atom stereocenters. The van der Waals surface area contributed by atoms with Crippen LogP contribution in [0, 0.1) is 0 Å². The maximum atomic E-state index is 12.9. The molecule has 0 spiro atoms. The first kappa shape index (κ1) is 15.4. The maximum Gasteiger partial charge on any atom is 0.434 e. The van der Waals surface area contributed by atoms with Crippen molar-refractivity contribution < 1.29 is 22.4 Å². The van der Waals surface area contributed by atoms with Crippen molar-refractivity contribution in [2.45, 2.75) is 17.9 Å². The summed E-state index contributed by atoms with van der Waals surface area (Å²) in [7, 11) is 0. The van der Waals surface area contributed by atoms with Gasteiger partial charge in [0.15, 0.2) is 10.9 Å². The SMILES string of the molecule is CSc1ncc(C(=O)NCc2ccco2)c(C(F)(F)F)n1. The molecule has 0 aliphatic carbocycles. The lowest BCUT2D eigenvalue weighted by atomic mass is 10.2. The van der Waals surface area contributed by atoms with Crippen molar-refractivity contribution in [3.8, 4) is 0 Å². The van der Waals surface area contributed by atoms with E-state index in [0.29, 0.717) is 5.76 Å². The van der Waals surface area contributed by atoms with Gasteiger partial charge in [0.25, 0.3) is 5.91 Å². The van der Waals surface area contributed by atoms with Crippen LogP contribution in [0.5, 0.6) is 0 Å². The Morgan fingerprint density at radius 2 is 2.24 bits per heavy atom. The summed E-state index contributed by atoms with van der Waals surface area (Å²) in [6, 6.07) is 3.21. The first-order valence-electron chi connectivity index (χ1n) is 5.70. The van der Waals surface area contributed by atoms with Crippen molar-refractivity contribution in [3.63, 3.8) is 0 Å². The first-order valence-corrected chi connectivity index (χ1v) is 6.93. The van der Waals surface area contributed by atoms with Crippen LogP contribution in [-0.4, -0.2) is 22.1 Å². The highest BCUT2D eigenvalue weighted by Crippen LogP contribution is 2.31. The van der Waals surface area contributed by atoms with Crippen LogP contribution < -0.4 is 5.32 Å². The van der Waals surface area contributed by atoms with Gasteiger partial charge < -0.3 is 9.73 Å². The molecule has 0 radical (unpaired) electrons. The summed E-state index contributed by atoms with van der Waals surface area (Å²) in [6.45, 7) is -0.0204. The van der Waals surface area contributed by atoms with E-state index in [9.17, 15) is 18.0 Å². The van der Waals surface area contributed by atoms with E-state index in [1.807, 2.05) is 0 Å². The lowest BCUT2D eigenvalue weighted by Crippen LogP contribution is -2.27. The molecule has 0 aliphatic heterocycles. The fourth-order valence-electron chi connectivity index (χ4n) is 1.52. The van der Waals surface area contributed by atoms with E-state index in [1.165, 1.54) is 6.26 Å². The largest absolute Gasteiger partial charge is 0.467 e. The quantitative estimate of drug-likeness (QED) is 0.694. The van der Waals surface area contributed by atoms with E-state index in [-0.39, 0.29) is 11.7 Å². The molecular formula is C12H10F3N3O2S. The van der Waals surface area contributed by atoms with Gasteiger partial charge in [-0.1, -0.05) is 11.8 Å². The fourth-order valence-corrected chi connectivity index (χ4v) is 1.86. The molecule has 0 bridgehead atoms. The molecule has 5 nitrogen and oxygen atoms in total. The summed E-state index contributed by atoms with van der Waals surface area (Å²) in [6.07, 6.45) is -0.908. The third-order valence-corrected chi connectivity index (χ3v) is 3.03. The number of hydrogen-bond acceptors (Lipinski definition) is 5. The normalized spacial score (nSPS) is 11.4.